The summed E-state index contributed by atoms with van der Waals surface area (Å²) in [5.41, 5.74) is 7.70. The van der Waals surface area contributed by atoms with E-state index in [1.807, 2.05) is 48.6 Å². The summed E-state index contributed by atoms with van der Waals surface area (Å²) in [6.07, 6.45) is 3.90. The summed E-state index contributed by atoms with van der Waals surface area (Å²) >= 11 is 6.57. The number of aromatic amines is 1. The average Bonchev–Trinajstić information content (AvgIpc) is 3.41. The summed E-state index contributed by atoms with van der Waals surface area (Å²) in [5, 5.41) is 6.09. The predicted octanol–water partition coefficient (Wildman–Crippen LogP) is 6.84. The Labute approximate surface area is 212 Å². The molecule has 0 radical (unpaired) electrons. The fourth-order valence-electron chi connectivity index (χ4n) is 5.26. The Morgan fingerprint density at radius 1 is 1.03 bits per heavy atom. The maximum atomic E-state index is 14.9. The van der Waals surface area contributed by atoms with Crippen LogP contribution in [0.4, 0.5) is 14.6 Å². The van der Waals surface area contributed by atoms with Crippen molar-refractivity contribution in [2.24, 2.45) is 0 Å². The second-order valence-electron chi connectivity index (χ2n) is 9.40. The Bertz CT molecular complexity index is 1630. The van der Waals surface area contributed by atoms with Crippen LogP contribution in [0.5, 0.6) is 0 Å². The van der Waals surface area contributed by atoms with E-state index < -0.39 is 0 Å². The highest BCUT2D eigenvalue weighted by molar-refractivity contribution is 6.36. The molecule has 182 valence electrons. The molecule has 0 amide bonds. The van der Waals surface area contributed by atoms with Crippen molar-refractivity contribution in [3.05, 3.63) is 93.4 Å². The van der Waals surface area contributed by atoms with Gasteiger partial charge in [0.2, 0.25) is 0 Å². The molecule has 1 aliphatic rings. The Balaban J connectivity index is 1.62. The SMILES string of the molecule is Cc1cnc(N2CCc3nn(-c4c(C)cccc4C)c(-c4ccc(F)c5[nH]cc(Cl)c45)c3C2)c(F)c1. The molecule has 0 aliphatic carbocycles. The van der Waals surface area contributed by atoms with Crippen LogP contribution in [-0.2, 0) is 13.0 Å². The molecular formula is C28H24ClF2N5. The monoisotopic (exact) mass is 503 g/mol. The average molecular weight is 504 g/mol. The van der Waals surface area contributed by atoms with Gasteiger partial charge in [-0.3, -0.25) is 0 Å². The van der Waals surface area contributed by atoms with E-state index in [1.165, 1.54) is 12.1 Å². The minimum atomic E-state index is -0.375. The highest BCUT2D eigenvalue weighted by atomic mass is 35.5. The van der Waals surface area contributed by atoms with Crippen LogP contribution in [0.3, 0.4) is 0 Å². The number of hydrogen-bond donors (Lipinski definition) is 1. The maximum absolute atomic E-state index is 14.9. The number of H-pyrrole nitrogens is 1. The quantitative estimate of drug-likeness (QED) is 0.293. The van der Waals surface area contributed by atoms with Crippen molar-refractivity contribution in [2.45, 2.75) is 33.7 Å². The molecule has 0 fully saturated rings. The van der Waals surface area contributed by atoms with Crippen molar-refractivity contribution in [1.29, 1.82) is 0 Å². The molecule has 1 N–H and O–H groups in total. The van der Waals surface area contributed by atoms with E-state index in [2.05, 4.69) is 9.97 Å². The zero-order valence-corrected chi connectivity index (χ0v) is 20.9. The minimum Gasteiger partial charge on any atom is -0.357 e. The van der Waals surface area contributed by atoms with Crippen molar-refractivity contribution in [3.63, 3.8) is 0 Å². The Morgan fingerprint density at radius 3 is 2.56 bits per heavy atom. The number of rotatable bonds is 3. The van der Waals surface area contributed by atoms with Gasteiger partial charge in [-0.15, -0.1) is 0 Å². The zero-order chi connectivity index (χ0) is 25.1. The third-order valence-electron chi connectivity index (χ3n) is 6.94. The molecule has 2 aromatic carbocycles. The van der Waals surface area contributed by atoms with Gasteiger partial charge >= 0.3 is 0 Å². The first-order valence-corrected chi connectivity index (χ1v) is 12.2. The van der Waals surface area contributed by atoms with E-state index >= 15 is 0 Å². The van der Waals surface area contributed by atoms with Crippen molar-refractivity contribution in [1.82, 2.24) is 19.7 Å². The van der Waals surface area contributed by atoms with Gasteiger partial charge in [-0.25, -0.2) is 18.4 Å². The molecule has 0 saturated heterocycles. The van der Waals surface area contributed by atoms with Crippen LogP contribution in [0.2, 0.25) is 5.02 Å². The van der Waals surface area contributed by atoms with Gasteiger partial charge in [0.15, 0.2) is 11.6 Å². The number of fused-ring (bicyclic) bond motifs is 2. The van der Waals surface area contributed by atoms with E-state index in [-0.39, 0.29) is 11.6 Å². The van der Waals surface area contributed by atoms with Gasteiger partial charge in [0.25, 0.3) is 0 Å². The lowest BCUT2D eigenvalue weighted by Crippen LogP contribution is -2.31. The van der Waals surface area contributed by atoms with Crippen LogP contribution < -0.4 is 4.90 Å². The number of para-hydroxylation sites is 1. The molecule has 6 rings (SSSR count). The maximum Gasteiger partial charge on any atom is 0.165 e. The molecule has 0 bridgehead atoms. The van der Waals surface area contributed by atoms with Gasteiger partial charge in [0, 0.05) is 48.4 Å². The lowest BCUT2D eigenvalue weighted by molar-refractivity contribution is 0.598. The third kappa shape index (κ3) is 3.49. The van der Waals surface area contributed by atoms with E-state index in [9.17, 15) is 8.78 Å². The minimum absolute atomic E-state index is 0.320. The Kier molecular flexibility index (Phi) is 5.34. The van der Waals surface area contributed by atoms with E-state index in [1.54, 1.807) is 18.5 Å². The summed E-state index contributed by atoms with van der Waals surface area (Å²) in [7, 11) is 0. The topological polar surface area (TPSA) is 49.7 Å². The molecule has 0 spiro atoms. The summed E-state index contributed by atoms with van der Waals surface area (Å²) in [6, 6.07) is 10.8. The smallest absolute Gasteiger partial charge is 0.165 e. The molecule has 8 heteroatoms. The van der Waals surface area contributed by atoms with Gasteiger partial charge in [-0.2, -0.15) is 5.10 Å². The number of anilines is 1. The van der Waals surface area contributed by atoms with E-state index in [0.717, 1.165) is 44.9 Å². The second kappa shape index (κ2) is 8.45. The number of halogens is 3. The summed E-state index contributed by atoms with van der Waals surface area (Å²) < 4.78 is 31.5. The number of benzene rings is 2. The number of aromatic nitrogens is 4. The largest absolute Gasteiger partial charge is 0.357 e. The second-order valence-corrected chi connectivity index (χ2v) is 9.80. The number of aryl methyl sites for hydroxylation is 3. The van der Waals surface area contributed by atoms with E-state index in [0.29, 0.717) is 41.3 Å². The van der Waals surface area contributed by atoms with Crippen molar-refractivity contribution in [2.75, 3.05) is 11.4 Å². The highest BCUT2D eigenvalue weighted by Gasteiger charge is 2.30. The Hall–Kier alpha value is -3.71. The highest BCUT2D eigenvalue weighted by Crippen LogP contribution is 2.41. The molecule has 5 aromatic rings. The van der Waals surface area contributed by atoms with Gasteiger partial charge < -0.3 is 9.88 Å². The molecule has 36 heavy (non-hydrogen) atoms. The summed E-state index contributed by atoms with van der Waals surface area (Å²) in [6.45, 7) is 6.93. The predicted molar refractivity (Wildman–Crippen MR) is 139 cm³/mol. The first kappa shape index (κ1) is 22.7. The van der Waals surface area contributed by atoms with E-state index in [4.69, 9.17) is 16.7 Å². The normalized spacial score (nSPS) is 13.4. The van der Waals surface area contributed by atoms with Crippen LogP contribution in [0, 0.1) is 32.4 Å². The lowest BCUT2D eigenvalue weighted by Gasteiger charge is -2.28. The number of nitrogens with one attached hydrogen (secondary N) is 1. The van der Waals surface area contributed by atoms with Crippen LogP contribution in [0.1, 0.15) is 27.9 Å². The van der Waals surface area contributed by atoms with Crippen molar-refractivity contribution >= 4 is 28.3 Å². The fourth-order valence-corrected chi connectivity index (χ4v) is 5.51. The molecule has 4 heterocycles. The number of pyridine rings is 1. The summed E-state index contributed by atoms with van der Waals surface area (Å²) in [4.78, 5) is 9.29. The lowest BCUT2D eigenvalue weighted by atomic mass is 9.97. The molecule has 1 aliphatic heterocycles. The van der Waals surface area contributed by atoms with Crippen LogP contribution in [0.15, 0.2) is 48.8 Å². The molecule has 0 saturated carbocycles. The van der Waals surface area contributed by atoms with Crippen molar-refractivity contribution in [3.8, 4) is 16.9 Å². The zero-order valence-electron chi connectivity index (χ0n) is 20.2. The molecule has 3 aromatic heterocycles. The fraction of sp³-hybridized carbons (Fsp3) is 0.214. The van der Waals surface area contributed by atoms with Crippen LogP contribution in [0.25, 0.3) is 27.8 Å². The summed E-state index contributed by atoms with van der Waals surface area (Å²) in [5.74, 6) is -0.402. The Morgan fingerprint density at radius 2 is 1.81 bits per heavy atom. The molecular weight excluding hydrogens is 480 g/mol. The standard InChI is InChI=1S/C28H24ClF2N5/c1-15-11-22(31)28(33-12-15)35-10-9-23-19(14-35)27(36(34-23)26-16(2)5-4-6-17(26)3)18-7-8-21(30)25-24(18)20(29)13-32-25/h4-8,11-13,32H,9-10,14H2,1-3H3. The van der Waals surface area contributed by atoms with Crippen LogP contribution >= 0.6 is 11.6 Å². The van der Waals surface area contributed by atoms with Gasteiger partial charge in [0.05, 0.1) is 27.6 Å². The first-order valence-electron chi connectivity index (χ1n) is 11.8. The number of hydrogen-bond acceptors (Lipinski definition) is 3. The number of nitrogens with zero attached hydrogens (tertiary/aromatic N) is 4. The molecule has 0 atom stereocenters. The third-order valence-corrected chi connectivity index (χ3v) is 7.23. The van der Waals surface area contributed by atoms with Crippen molar-refractivity contribution < 1.29 is 8.78 Å². The first-order chi connectivity index (χ1) is 17.3. The molecule has 5 nitrogen and oxygen atoms in total. The van der Waals surface area contributed by atoms with Gasteiger partial charge in [0.1, 0.15) is 5.82 Å². The molecule has 0 unspecified atom stereocenters. The van der Waals surface area contributed by atoms with Gasteiger partial charge in [-0.1, -0.05) is 29.8 Å². The van der Waals surface area contributed by atoms with Gasteiger partial charge in [-0.05, 0) is 55.7 Å². The van der Waals surface area contributed by atoms with Crippen LogP contribution in [-0.4, -0.2) is 26.3 Å².